The molecular weight excluding hydrogens is 328 g/mol. The lowest BCUT2D eigenvalue weighted by Gasteiger charge is -2.24. The molecule has 0 radical (unpaired) electrons. The van der Waals surface area contributed by atoms with Gasteiger partial charge in [-0.2, -0.15) is 0 Å². The standard InChI is InChI=1S/C20H20N4O2/c25-13-14-4-6-16(7-5-14)23-20-22-12-15-2-1-3-18(19(15)24-20)26-17-8-10-21-11-9-17/h1-7,12-13,17,21H,8-11H2,(H,22,23,24). The van der Waals surface area contributed by atoms with Crippen LogP contribution in [0, 0.1) is 0 Å². The smallest absolute Gasteiger partial charge is 0.227 e. The zero-order chi connectivity index (χ0) is 17.8. The van der Waals surface area contributed by atoms with Crippen LogP contribution in [0.25, 0.3) is 10.9 Å². The first-order valence-electron chi connectivity index (χ1n) is 8.77. The van der Waals surface area contributed by atoms with Crippen LogP contribution in [0.1, 0.15) is 23.2 Å². The Labute approximate surface area is 151 Å². The maximum absolute atomic E-state index is 10.8. The van der Waals surface area contributed by atoms with Crippen LogP contribution >= 0.6 is 0 Å². The first kappa shape index (κ1) is 16.5. The highest BCUT2D eigenvalue weighted by molar-refractivity contribution is 5.85. The first-order chi connectivity index (χ1) is 12.8. The quantitative estimate of drug-likeness (QED) is 0.689. The van der Waals surface area contributed by atoms with E-state index in [9.17, 15) is 4.79 Å². The fourth-order valence-corrected chi connectivity index (χ4v) is 3.05. The van der Waals surface area contributed by atoms with E-state index in [-0.39, 0.29) is 6.10 Å². The lowest BCUT2D eigenvalue weighted by molar-refractivity contribution is 0.112. The fraction of sp³-hybridized carbons (Fsp3) is 0.250. The van der Waals surface area contributed by atoms with Gasteiger partial charge in [0, 0.05) is 22.8 Å². The number of nitrogens with zero attached hydrogens (tertiary/aromatic N) is 2. The van der Waals surface area contributed by atoms with E-state index >= 15 is 0 Å². The molecule has 2 heterocycles. The molecule has 1 aliphatic rings. The summed E-state index contributed by atoms with van der Waals surface area (Å²) < 4.78 is 6.21. The van der Waals surface area contributed by atoms with Gasteiger partial charge in [-0.1, -0.05) is 12.1 Å². The van der Waals surface area contributed by atoms with Gasteiger partial charge in [0.1, 0.15) is 23.7 Å². The summed E-state index contributed by atoms with van der Waals surface area (Å²) in [6, 6.07) is 13.1. The molecule has 132 valence electrons. The van der Waals surface area contributed by atoms with Crippen LogP contribution in [0.2, 0.25) is 0 Å². The van der Waals surface area contributed by atoms with Gasteiger partial charge < -0.3 is 15.4 Å². The Morgan fingerprint density at radius 1 is 1.12 bits per heavy atom. The zero-order valence-corrected chi connectivity index (χ0v) is 14.3. The minimum absolute atomic E-state index is 0.212. The molecule has 1 aliphatic heterocycles. The highest BCUT2D eigenvalue weighted by Gasteiger charge is 2.16. The van der Waals surface area contributed by atoms with Crippen molar-refractivity contribution in [3.8, 4) is 5.75 Å². The van der Waals surface area contributed by atoms with Gasteiger partial charge >= 0.3 is 0 Å². The fourth-order valence-electron chi connectivity index (χ4n) is 3.05. The molecule has 0 aliphatic carbocycles. The molecule has 0 atom stereocenters. The third-order valence-electron chi connectivity index (χ3n) is 4.46. The van der Waals surface area contributed by atoms with Gasteiger partial charge in [-0.25, -0.2) is 9.97 Å². The second-order valence-corrected chi connectivity index (χ2v) is 6.32. The normalized spacial score (nSPS) is 14.9. The van der Waals surface area contributed by atoms with Crippen LogP contribution in [-0.2, 0) is 0 Å². The summed E-state index contributed by atoms with van der Waals surface area (Å²) in [5.41, 5.74) is 2.26. The number of anilines is 2. The number of carbonyl (C=O) groups is 1. The van der Waals surface area contributed by atoms with Crippen LogP contribution in [0.3, 0.4) is 0 Å². The average Bonchev–Trinajstić information content (AvgIpc) is 2.70. The lowest BCUT2D eigenvalue weighted by atomic mass is 10.1. The minimum Gasteiger partial charge on any atom is -0.488 e. The van der Waals surface area contributed by atoms with Gasteiger partial charge in [0.05, 0.1) is 0 Å². The maximum Gasteiger partial charge on any atom is 0.227 e. The molecule has 0 spiro atoms. The largest absolute Gasteiger partial charge is 0.488 e. The van der Waals surface area contributed by atoms with Gasteiger partial charge in [-0.05, 0) is 56.3 Å². The molecule has 2 aromatic carbocycles. The molecule has 1 aromatic heterocycles. The van der Waals surface area contributed by atoms with Crippen molar-refractivity contribution in [3.63, 3.8) is 0 Å². The van der Waals surface area contributed by atoms with Crippen molar-refractivity contribution in [2.75, 3.05) is 18.4 Å². The topological polar surface area (TPSA) is 76.1 Å². The van der Waals surface area contributed by atoms with E-state index in [1.54, 1.807) is 18.3 Å². The van der Waals surface area contributed by atoms with Crippen LogP contribution < -0.4 is 15.4 Å². The molecular formula is C20H20N4O2. The molecule has 0 saturated carbocycles. The van der Waals surface area contributed by atoms with E-state index in [0.717, 1.165) is 54.6 Å². The Bertz CT molecular complexity index is 905. The van der Waals surface area contributed by atoms with E-state index in [1.807, 2.05) is 30.3 Å². The highest BCUT2D eigenvalue weighted by atomic mass is 16.5. The molecule has 26 heavy (non-hydrogen) atoms. The van der Waals surface area contributed by atoms with Crippen LogP contribution in [-0.4, -0.2) is 35.4 Å². The van der Waals surface area contributed by atoms with Crippen LogP contribution in [0.5, 0.6) is 5.75 Å². The number of rotatable bonds is 5. The van der Waals surface area contributed by atoms with Crippen molar-refractivity contribution in [3.05, 3.63) is 54.2 Å². The monoisotopic (exact) mass is 348 g/mol. The summed E-state index contributed by atoms with van der Waals surface area (Å²) in [6.07, 6.45) is 4.82. The molecule has 0 amide bonds. The van der Waals surface area contributed by atoms with Crippen molar-refractivity contribution < 1.29 is 9.53 Å². The van der Waals surface area contributed by atoms with E-state index in [4.69, 9.17) is 4.74 Å². The second-order valence-electron chi connectivity index (χ2n) is 6.32. The number of fused-ring (bicyclic) bond motifs is 1. The van der Waals surface area contributed by atoms with Gasteiger partial charge in [0.2, 0.25) is 5.95 Å². The molecule has 4 rings (SSSR count). The Balaban J connectivity index is 1.59. The van der Waals surface area contributed by atoms with Crippen LogP contribution in [0.4, 0.5) is 11.6 Å². The molecule has 0 bridgehead atoms. The number of hydrogen-bond donors (Lipinski definition) is 2. The predicted molar refractivity (Wildman–Crippen MR) is 101 cm³/mol. The molecule has 6 nitrogen and oxygen atoms in total. The predicted octanol–water partition coefficient (Wildman–Crippen LogP) is 3.32. The number of ether oxygens (including phenoxy) is 1. The van der Waals surface area contributed by atoms with Gasteiger partial charge in [-0.15, -0.1) is 0 Å². The number of nitrogens with one attached hydrogen (secondary N) is 2. The Hall–Kier alpha value is -2.99. The van der Waals surface area contributed by atoms with Crippen molar-refractivity contribution in [2.45, 2.75) is 18.9 Å². The number of hydrogen-bond acceptors (Lipinski definition) is 6. The molecule has 0 unspecified atom stereocenters. The van der Waals surface area contributed by atoms with Crippen molar-refractivity contribution >= 4 is 28.8 Å². The number of carbonyl (C=O) groups excluding carboxylic acids is 1. The van der Waals surface area contributed by atoms with Crippen molar-refractivity contribution in [2.24, 2.45) is 0 Å². The Morgan fingerprint density at radius 2 is 1.92 bits per heavy atom. The van der Waals surface area contributed by atoms with Gasteiger partial charge in [0.15, 0.2) is 0 Å². The molecule has 2 N–H and O–H groups in total. The number of benzene rings is 2. The van der Waals surface area contributed by atoms with E-state index in [1.165, 1.54) is 0 Å². The minimum atomic E-state index is 0.212. The lowest BCUT2D eigenvalue weighted by Crippen LogP contribution is -2.34. The number of aromatic nitrogens is 2. The number of aldehydes is 1. The zero-order valence-electron chi connectivity index (χ0n) is 14.3. The summed E-state index contributed by atoms with van der Waals surface area (Å²) >= 11 is 0. The van der Waals surface area contributed by atoms with E-state index in [2.05, 4.69) is 20.6 Å². The Morgan fingerprint density at radius 3 is 2.69 bits per heavy atom. The van der Waals surface area contributed by atoms with Crippen LogP contribution in [0.15, 0.2) is 48.7 Å². The summed E-state index contributed by atoms with van der Waals surface area (Å²) in [6.45, 7) is 1.96. The van der Waals surface area contributed by atoms with Gasteiger partial charge in [0.25, 0.3) is 0 Å². The molecule has 6 heteroatoms. The van der Waals surface area contributed by atoms with Gasteiger partial charge in [-0.3, -0.25) is 4.79 Å². The Kier molecular flexibility index (Phi) is 4.75. The average molecular weight is 348 g/mol. The summed E-state index contributed by atoms with van der Waals surface area (Å²) in [7, 11) is 0. The SMILES string of the molecule is O=Cc1ccc(Nc2ncc3cccc(OC4CCNCC4)c3n2)cc1. The molecule has 1 saturated heterocycles. The summed E-state index contributed by atoms with van der Waals surface area (Å²) in [5.74, 6) is 1.29. The van der Waals surface area contributed by atoms with Crippen molar-refractivity contribution in [1.82, 2.24) is 15.3 Å². The first-order valence-corrected chi connectivity index (χ1v) is 8.77. The summed E-state index contributed by atoms with van der Waals surface area (Å²) in [5, 5.41) is 7.46. The third kappa shape index (κ3) is 3.65. The molecule has 1 fully saturated rings. The molecule has 3 aromatic rings. The number of piperidine rings is 1. The summed E-state index contributed by atoms with van der Waals surface area (Å²) in [4.78, 5) is 19.8. The highest BCUT2D eigenvalue weighted by Crippen LogP contribution is 2.27. The third-order valence-corrected chi connectivity index (χ3v) is 4.46. The second kappa shape index (κ2) is 7.49. The van der Waals surface area contributed by atoms with Crippen molar-refractivity contribution in [1.29, 1.82) is 0 Å². The number of para-hydroxylation sites is 1. The van der Waals surface area contributed by atoms with E-state index in [0.29, 0.717) is 11.5 Å². The maximum atomic E-state index is 10.8. The van der Waals surface area contributed by atoms with E-state index < -0.39 is 0 Å².